The van der Waals surface area contributed by atoms with Gasteiger partial charge in [0.05, 0.1) is 12.3 Å². The van der Waals surface area contributed by atoms with Crippen LogP contribution in [0.25, 0.3) is 0 Å². The van der Waals surface area contributed by atoms with Gasteiger partial charge in [0.1, 0.15) is 5.82 Å². The van der Waals surface area contributed by atoms with Crippen molar-refractivity contribution >= 4 is 11.5 Å². The molecule has 4 heteroatoms. The average molecular weight is 261 g/mol. The third kappa shape index (κ3) is 2.77. The molecule has 0 spiro atoms. The predicted octanol–water partition coefficient (Wildman–Crippen LogP) is 3.20. The molecular formula is C15H23N3O. The van der Waals surface area contributed by atoms with Crippen LogP contribution in [0, 0.1) is 5.92 Å². The van der Waals surface area contributed by atoms with Crippen molar-refractivity contribution in [3.63, 3.8) is 0 Å². The molecule has 0 radical (unpaired) electrons. The maximum atomic E-state index is 5.92. The van der Waals surface area contributed by atoms with Gasteiger partial charge in [0.2, 0.25) is 5.88 Å². The maximum Gasteiger partial charge on any atom is 0.239 e. The van der Waals surface area contributed by atoms with Gasteiger partial charge in [-0.05, 0) is 56.6 Å². The van der Waals surface area contributed by atoms with E-state index in [2.05, 4.69) is 17.2 Å². The topological polar surface area (TPSA) is 60.2 Å². The minimum atomic E-state index is 0.247. The van der Waals surface area contributed by atoms with Crippen molar-refractivity contribution in [3.8, 4) is 5.88 Å². The van der Waals surface area contributed by atoms with Crippen molar-refractivity contribution in [2.75, 3.05) is 17.7 Å². The SMILES string of the molecule is CCC1(Nc2ccc(N)c(OCC3CC3)n2)CCC1. The van der Waals surface area contributed by atoms with E-state index in [1.54, 1.807) is 0 Å². The normalized spacial score (nSPS) is 20.7. The maximum absolute atomic E-state index is 5.92. The van der Waals surface area contributed by atoms with Crippen molar-refractivity contribution in [1.29, 1.82) is 0 Å². The summed E-state index contributed by atoms with van der Waals surface area (Å²) in [5.74, 6) is 2.19. The van der Waals surface area contributed by atoms with Crippen molar-refractivity contribution in [1.82, 2.24) is 4.98 Å². The van der Waals surface area contributed by atoms with E-state index in [0.29, 0.717) is 17.5 Å². The Hall–Kier alpha value is -1.45. The van der Waals surface area contributed by atoms with Crippen LogP contribution in [-0.4, -0.2) is 17.1 Å². The second-order valence-electron chi connectivity index (χ2n) is 5.96. The fourth-order valence-corrected chi connectivity index (χ4v) is 2.56. The van der Waals surface area contributed by atoms with E-state index in [1.165, 1.54) is 32.1 Å². The molecule has 2 aliphatic carbocycles. The van der Waals surface area contributed by atoms with Crippen molar-refractivity contribution in [2.24, 2.45) is 5.92 Å². The smallest absolute Gasteiger partial charge is 0.239 e. The Bertz CT molecular complexity index is 447. The highest BCUT2D eigenvalue weighted by molar-refractivity contribution is 5.54. The first-order valence-electron chi connectivity index (χ1n) is 7.38. The second-order valence-corrected chi connectivity index (χ2v) is 5.96. The molecule has 0 aromatic carbocycles. The van der Waals surface area contributed by atoms with E-state index in [9.17, 15) is 0 Å². The van der Waals surface area contributed by atoms with Crippen LogP contribution in [-0.2, 0) is 0 Å². The molecule has 2 fully saturated rings. The van der Waals surface area contributed by atoms with Gasteiger partial charge in [0.15, 0.2) is 0 Å². The molecular weight excluding hydrogens is 238 g/mol. The van der Waals surface area contributed by atoms with E-state index >= 15 is 0 Å². The lowest BCUT2D eigenvalue weighted by Crippen LogP contribution is -2.44. The zero-order chi connectivity index (χ0) is 13.3. The lowest BCUT2D eigenvalue weighted by Gasteiger charge is -2.42. The number of hydrogen-bond acceptors (Lipinski definition) is 4. The van der Waals surface area contributed by atoms with E-state index < -0.39 is 0 Å². The fourth-order valence-electron chi connectivity index (χ4n) is 2.56. The van der Waals surface area contributed by atoms with Gasteiger partial charge in [-0.3, -0.25) is 0 Å². The van der Waals surface area contributed by atoms with Gasteiger partial charge in [0, 0.05) is 5.54 Å². The van der Waals surface area contributed by atoms with Crippen molar-refractivity contribution in [3.05, 3.63) is 12.1 Å². The molecule has 0 atom stereocenters. The molecule has 1 aromatic heterocycles. The average Bonchev–Trinajstić information content (AvgIpc) is 3.18. The molecule has 0 unspecified atom stereocenters. The summed E-state index contributed by atoms with van der Waals surface area (Å²) in [6.45, 7) is 2.98. The molecule has 2 saturated carbocycles. The first-order valence-corrected chi connectivity index (χ1v) is 7.38. The standard InChI is InChI=1S/C15H23N3O/c1-2-15(8-3-9-15)18-13-7-6-12(16)14(17-13)19-10-11-4-5-11/h6-7,11H,2-5,8-10,16H2,1H3,(H,17,18). The van der Waals surface area contributed by atoms with Gasteiger partial charge in [-0.1, -0.05) is 6.92 Å². The van der Waals surface area contributed by atoms with Crippen LogP contribution >= 0.6 is 0 Å². The zero-order valence-corrected chi connectivity index (χ0v) is 11.6. The molecule has 4 nitrogen and oxygen atoms in total. The quantitative estimate of drug-likeness (QED) is 0.825. The van der Waals surface area contributed by atoms with Crippen LogP contribution in [0.2, 0.25) is 0 Å². The zero-order valence-electron chi connectivity index (χ0n) is 11.6. The van der Waals surface area contributed by atoms with E-state index in [1.807, 2.05) is 12.1 Å². The minimum Gasteiger partial charge on any atom is -0.476 e. The fraction of sp³-hybridized carbons (Fsp3) is 0.667. The minimum absolute atomic E-state index is 0.247. The number of aromatic nitrogens is 1. The lowest BCUT2D eigenvalue weighted by molar-refractivity contribution is 0.267. The number of nitrogen functional groups attached to an aromatic ring is 1. The molecule has 0 saturated heterocycles. The summed E-state index contributed by atoms with van der Waals surface area (Å²) in [4.78, 5) is 4.53. The number of nitrogens with zero attached hydrogens (tertiary/aromatic N) is 1. The lowest BCUT2D eigenvalue weighted by atomic mass is 9.75. The Balaban J connectivity index is 1.68. The highest BCUT2D eigenvalue weighted by atomic mass is 16.5. The summed E-state index contributed by atoms with van der Waals surface area (Å²) < 4.78 is 5.73. The third-order valence-corrected chi connectivity index (χ3v) is 4.42. The Morgan fingerprint density at radius 2 is 2.21 bits per heavy atom. The van der Waals surface area contributed by atoms with Crippen LogP contribution in [0.3, 0.4) is 0 Å². The van der Waals surface area contributed by atoms with Crippen LogP contribution < -0.4 is 15.8 Å². The van der Waals surface area contributed by atoms with Crippen molar-refractivity contribution < 1.29 is 4.74 Å². The molecule has 0 bridgehead atoms. The van der Waals surface area contributed by atoms with Crippen LogP contribution in [0.1, 0.15) is 45.4 Å². The number of ether oxygens (including phenoxy) is 1. The molecule has 19 heavy (non-hydrogen) atoms. The van der Waals surface area contributed by atoms with Gasteiger partial charge < -0.3 is 15.8 Å². The van der Waals surface area contributed by atoms with Crippen LogP contribution in [0.4, 0.5) is 11.5 Å². The molecule has 3 N–H and O–H groups in total. The Kier molecular flexibility index (Phi) is 3.25. The summed E-state index contributed by atoms with van der Waals surface area (Å²) >= 11 is 0. The highest BCUT2D eigenvalue weighted by Crippen LogP contribution is 2.38. The van der Waals surface area contributed by atoms with E-state index in [4.69, 9.17) is 10.5 Å². The predicted molar refractivity (Wildman–Crippen MR) is 77.4 cm³/mol. The Morgan fingerprint density at radius 3 is 2.79 bits per heavy atom. The number of nitrogens with two attached hydrogens (primary N) is 1. The first kappa shape index (κ1) is 12.6. The monoisotopic (exact) mass is 261 g/mol. The summed E-state index contributed by atoms with van der Waals surface area (Å²) in [6.07, 6.45) is 7.45. The van der Waals surface area contributed by atoms with Gasteiger partial charge in [0.25, 0.3) is 0 Å². The van der Waals surface area contributed by atoms with E-state index in [-0.39, 0.29) is 5.54 Å². The largest absolute Gasteiger partial charge is 0.476 e. The second kappa shape index (κ2) is 4.91. The molecule has 0 aliphatic heterocycles. The third-order valence-electron chi connectivity index (χ3n) is 4.42. The van der Waals surface area contributed by atoms with Gasteiger partial charge in [-0.15, -0.1) is 0 Å². The van der Waals surface area contributed by atoms with Crippen LogP contribution in [0.15, 0.2) is 12.1 Å². The molecule has 1 aromatic rings. The molecule has 0 amide bonds. The number of nitrogens with one attached hydrogen (secondary N) is 1. The van der Waals surface area contributed by atoms with Crippen LogP contribution in [0.5, 0.6) is 5.88 Å². The summed E-state index contributed by atoms with van der Waals surface area (Å²) in [5, 5.41) is 3.57. The first-order chi connectivity index (χ1) is 9.21. The summed E-state index contributed by atoms with van der Waals surface area (Å²) in [7, 11) is 0. The molecule has 2 aliphatic rings. The van der Waals surface area contributed by atoms with Gasteiger partial charge in [-0.25, -0.2) is 0 Å². The Morgan fingerprint density at radius 1 is 1.42 bits per heavy atom. The van der Waals surface area contributed by atoms with Gasteiger partial charge in [-0.2, -0.15) is 4.98 Å². The summed E-state index contributed by atoms with van der Waals surface area (Å²) in [6, 6.07) is 3.84. The number of hydrogen-bond donors (Lipinski definition) is 2. The molecule has 1 heterocycles. The molecule has 104 valence electrons. The van der Waals surface area contributed by atoms with Crippen molar-refractivity contribution in [2.45, 2.75) is 51.0 Å². The van der Waals surface area contributed by atoms with Gasteiger partial charge >= 0.3 is 0 Å². The Labute approximate surface area is 114 Å². The number of rotatable bonds is 6. The molecule has 3 rings (SSSR count). The number of pyridine rings is 1. The highest BCUT2D eigenvalue weighted by Gasteiger charge is 2.35. The number of anilines is 2. The van der Waals surface area contributed by atoms with E-state index in [0.717, 1.165) is 18.8 Å². The summed E-state index contributed by atoms with van der Waals surface area (Å²) in [5.41, 5.74) is 6.80.